The molecular weight excluding hydrogens is 292 g/mol. The number of nitrogens with zero attached hydrogens (tertiary/aromatic N) is 1. The van der Waals surface area contributed by atoms with Crippen molar-refractivity contribution in [1.29, 1.82) is 0 Å². The number of aromatic nitrogens is 2. The molecule has 1 fully saturated rings. The molecule has 0 radical (unpaired) electrons. The molecule has 0 aliphatic carbocycles. The van der Waals surface area contributed by atoms with Gasteiger partial charge in [-0.15, -0.1) is 0 Å². The van der Waals surface area contributed by atoms with Gasteiger partial charge in [-0.05, 0) is 30.8 Å². The average molecular weight is 310 g/mol. The van der Waals surface area contributed by atoms with Crippen molar-refractivity contribution in [2.24, 2.45) is 0 Å². The van der Waals surface area contributed by atoms with Gasteiger partial charge in [0.2, 0.25) is 0 Å². The minimum Gasteiger partial charge on any atom is -0.493 e. The van der Waals surface area contributed by atoms with Crippen molar-refractivity contribution in [2.75, 3.05) is 25.7 Å². The minimum atomic E-state index is 0.466. The summed E-state index contributed by atoms with van der Waals surface area (Å²) >= 11 is 7.51. The van der Waals surface area contributed by atoms with Crippen LogP contribution in [-0.4, -0.2) is 35.3 Å². The molecule has 1 unspecified atom stereocenters. The molecule has 0 saturated carbocycles. The maximum absolute atomic E-state index is 5.51. The molecule has 0 amide bonds. The Balaban J connectivity index is 2.16. The lowest BCUT2D eigenvalue weighted by Gasteiger charge is -2.23. The number of benzene rings is 1. The number of imidazole rings is 1. The van der Waals surface area contributed by atoms with Crippen molar-refractivity contribution < 1.29 is 9.47 Å². The Labute approximate surface area is 127 Å². The average Bonchev–Trinajstić information content (AvgIpc) is 2.81. The number of hydrogen-bond donors (Lipinski definition) is 1. The molecule has 4 nitrogen and oxygen atoms in total. The van der Waals surface area contributed by atoms with Crippen molar-refractivity contribution in [3.63, 3.8) is 0 Å². The number of methoxy groups -OCH3 is 2. The van der Waals surface area contributed by atoms with E-state index in [9.17, 15) is 0 Å². The second-order valence-corrected chi connectivity index (χ2v) is 6.43. The fourth-order valence-electron chi connectivity index (χ4n) is 2.74. The largest absolute Gasteiger partial charge is 0.493 e. The fraction of sp³-hybridized carbons (Fsp3) is 0.500. The van der Waals surface area contributed by atoms with Gasteiger partial charge in [0.05, 0.1) is 25.3 Å². The van der Waals surface area contributed by atoms with Gasteiger partial charge in [-0.25, -0.2) is 0 Å². The van der Waals surface area contributed by atoms with Crippen molar-refractivity contribution in [1.82, 2.24) is 9.55 Å². The van der Waals surface area contributed by atoms with Gasteiger partial charge in [0, 0.05) is 23.9 Å². The zero-order valence-corrected chi connectivity index (χ0v) is 13.3. The molecule has 1 N–H and O–H groups in total. The lowest BCUT2D eigenvalue weighted by Crippen LogP contribution is -2.16. The summed E-state index contributed by atoms with van der Waals surface area (Å²) in [4.78, 5) is 3.28. The van der Waals surface area contributed by atoms with Crippen LogP contribution in [0.2, 0.25) is 0 Å². The number of nitrogens with one attached hydrogen (secondary N) is 1. The van der Waals surface area contributed by atoms with Crippen molar-refractivity contribution >= 4 is 35.0 Å². The third-order valence-electron chi connectivity index (χ3n) is 3.72. The highest BCUT2D eigenvalue weighted by atomic mass is 32.2. The lowest BCUT2D eigenvalue weighted by molar-refractivity contribution is 0.355. The molecule has 1 atom stereocenters. The molecule has 3 rings (SSSR count). The summed E-state index contributed by atoms with van der Waals surface area (Å²) in [5, 5.41) is 0. The minimum absolute atomic E-state index is 0.466. The zero-order chi connectivity index (χ0) is 14.1. The van der Waals surface area contributed by atoms with Crippen LogP contribution in [0.25, 0.3) is 11.0 Å². The Bertz CT molecular complexity index is 672. The number of H-pyrrole nitrogens is 1. The van der Waals surface area contributed by atoms with E-state index < -0.39 is 0 Å². The molecule has 20 heavy (non-hydrogen) atoms. The highest BCUT2D eigenvalue weighted by molar-refractivity contribution is 7.99. The molecule has 1 aromatic heterocycles. The first-order valence-electron chi connectivity index (χ1n) is 6.68. The van der Waals surface area contributed by atoms with Gasteiger partial charge in [0.1, 0.15) is 0 Å². The second-order valence-electron chi connectivity index (χ2n) is 4.90. The summed E-state index contributed by atoms with van der Waals surface area (Å²) in [7, 11) is 3.30. The number of thioether (sulfide) groups is 1. The summed E-state index contributed by atoms with van der Waals surface area (Å²) in [6, 6.07) is 4.43. The molecule has 2 heterocycles. The Hall–Kier alpha value is -1.14. The van der Waals surface area contributed by atoms with Gasteiger partial charge in [-0.3, -0.25) is 0 Å². The van der Waals surface area contributed by atoms with E-state index in [1.165, 1.54) is 18.6 Å². The molecule has 0 bridgehead atoms. The first kappa shape index (κ1) is 13.8. The van der Waals surface area contributed by atoms with E-state index in [0.29, 0.717) is 6.04 Å². The van der Waals surface area contributed by atoms with E-state index in [-0.39, 0.29) is 0 Å². The summed E-state index contributed by atoms with van der Waals surface area (Å²) in [5.41, 5.74) is 2.10. The van der Waals surface area contributed by atoms with Gasteiger partial charge >= 0.3 is 0 Å². The Morgan fingerprint density at radius 1 is 1.30 bits per heavy atom. The number of fused-ring (bicyclic) bond motifs is 1. The van der Waals surface area contributed by atoms with Crippen LogP contribution in [0.3, 0.4) is 0 Å². The molecule has 1 aliphatic rings. The van der Waals surface area contributed by atoms with Crippen LogP contribution in [0.1, 0.15) is 18.9 Å². The number of hydrogen-bond acceptors (Lipinski definition) is 4. The van der Waals surface area contributed by atoms with Crippen molar-refractivity contribution in [3.05, 3.63) is 16.9 Å². The zero-order valence-electron chi connectivity index (χ0n) is 11.6. The molecule has 1 saturated heterocycles. The Morgan fingerprint density at radius 3 is 2.70 bits per heavy atom. The van der Waals surface area contributed by atoms with Crippen LogP contribution >= 0.6 is 24.0 Å². The molecule has 0 spiro atoms. The van der Waals surface area contributed by atoms with Crippen LogP contribution < -0.4 is 9.47 Å². The van der Waals surface area contributed by atoms with E-state index in [1.54, 1.807) is 14.2 Å². The van der Waals surface area contributed by atoms with Gasteiger partial charge in [-0.2, -0.15) is 11.8 Å². The molecule has 1 aromatic carbocycles. The van der Waals surface area contributed by atoms with Gasteiger partial charge in [0.25, 0.3) is 0 Å². The van der Waals surface area contributed by atoms with Gasteiger partial charge in [0.15, 0.2) is 16.3 Å². The van der Waals surface area contributed by atoms with Crippen LogP contribution in [0.15, 0.2) is 12.1 Å². The van der Waals surface area contributed by atoms with Crippen LogP contribution in [0.5, 0.6) is 11.5 Å². The third-order valence-corrected chi connectivity index (χ3v) is 5.22. The summed E-state index contributed by atoms with van der Waals surface area (Å²) < 4.78 is 13.8. The van der Waals surface area contributed by atoms with E-state index in [4.69, 9.17) is 21.7 Å². The molecular formula is C14H18N2O2S2. The smallest absolute Gasteiger partial charge is 0.178 e. The van der Waals surface area contributed by atoms with Gasteiger partial charge in [-0.1, -0.05) is 0 Å². The molecule has 1 aliphatic heterocycles. The first-order chi connectivity index (χ1) is 9.74. The highest BCUT2D eigenvalue weighted by Gasteiger charge is 2.20. The summed E-state index contributed by atoms with van der Waals surface area (Å²) in [5.74, 6) is 3.84. The van der Waals surface area contributed by atoms with Crippen molar-refractivity contribution in [3.8, 4) is 11.5 Å². The fourth-order valence-corrected chi connectivity index (χ4v) is 4.23. The first-order valence-corrected chi connectivity index (χ1v) is 8.25. The summed E-state index contributed by atoms with van der Waals surface area (Å²) in [6.45, 7) is 0. The van der Waals surface area contributed by atoms with Gasteiger partial charge < -0.3 is 19.0 Å². The van der Waals surface area contributed by atoms with Crippen LogP contribution in [0, 0.1) is 4.77 Å². The number of ether oxygens (including phenoxy) is 2. The predicted octanol–water partition coefficient (Wildman–Crippen LogP) is 3.78. The number of aromatic amines is 1. The van der Waals surface area contributed by atoms with E-state index in [2.05, 4.69) is 9.55 Å². The maximum Gasteiger partial charge on any atom is 0.178 e. The van der Waals surface area contributed by atoms with E-state index in [0.717, 1.165) is 33.1 Å². The molecule has 2 aromatic rings. The predicted molar refractivity (Wildman–Crippen MR) is 85.8 cm³/mol. The Morgan fingerprint density at radius 2 is 2.05 bits per heavy atom. The van der Waals surface area contributed by atoms with E-state index in [1.807, 2.05) is 23.9 Å². The topological polar surface area (TPSA) is 39.2 Å². The number of rotatable bonds is 3. The standard InChI is InChI=1S/C14H18N2O2S2/c1-17-12-6-10-11(7-13(12)18-2)16(14(19)15-10)9-4-3-5-20-8-9/h6-7,9H,3-5,8H2,1-2H3,(H,15,19). The van der Waals surface area contributed by atoms with E-state index >= 15 is 0 Å². The highest BCUT2D eigenvalue weighted by Crippen LogP contribution is 2.35. The normalized spacial score (nSPS) is 19.2. The second kappa shape index (κ2) is 5.69. The van der Waals surface area contributed by atoms with Crippen molar-refractivity contribution in [2.45, 2.75) is 18.9 Å². The van der Waals surface area contributed by atoms with Crippen LogP contribution in [-0.2, 0) is 0 Å². The molecule has 108 valence electrons. The SMILES string of the molecule is COc1cc2[nH]c(=S)n(C3CCCSC3)c2cc1OC. The summed E-state index contributed by atoms with van der Waals surface area (Å²) in [6.07, 6.45) is 2.43. The lowest BCUT2D eigenvalue weighted by atomic mass is 10.1. The quantitative estimate of drug-likeness (QED) is 0.876. The van der Waals surface area contributed by atoms with Crippen LogP contribution in [0.4, 0.5) is 0 Å². The maximum atomic E-state index is 5.51. The Kier molecular flexibility index (Phi) is 3.94. The monoisotopic (exact) mass is 310 g/mol. The third kappa shape index (κ3) is 2.31. The molecule has 6 heteroatoms.